The number of ether oxygens (including phenoxy) is 1. The van der Waals surface area contributed by atoms with E-state index in [-0.39, 0.29) is 5.91 Å². The Morgan fingerprint density at radius 1 is 1.10 bits per heavy atom. The monoisotopic (exact) mass is 303 g/mol. The van der Waals surface area contributed by atoms with Crippen LogP contribution in [0.5, 0.6) is 5.75 Å². The molecule has 21 heavy (non-hydrogen) atoms. The van der Waals surface area contributed by atoms with Crippen LogP contribution in [0.15, 0.2) is 48.5 Å². The molecule has 2 rings (SSSR count). The predicted octanol–water partition coefficient (Wildman–Crippen LogP) is 3.73. The molecule has 4 heteroatoms. The number of aryl methyl sites for hydroxylation is 1. The molecule has 110 valence electrons. The molecular weight excluding hydrogens is 286 g/mol. The topological polar surface area (TPSA) is 38.3 Å². The minimum atomic E-state index is -0.0236. The zero-order chi connectivity index (χ0) is 15.1. The van der Waals surface area contributed by atoms with Gasteiger partial charge in [0.15, 0.2) is 0 Å². The largest absolute Gasteiger partial charge is 0.493 e. The molecule has 0 aromatic heterocycles. The summed E-state index contributed by atoms with van der Waals surface area (Å²) in [4.78, 5) is 11.7. The highest BCUT2D eigenvalue weighted by Crippen LogP contribution is 2.15. The summed E-state index contributed by atoms with van der Waals surface area (Å²) >= 11 is 5.79. The first kappa shape index (κ1) is 15.4. The van der Waals surface area contributed by atoms with Gasteiger partial charge in [0.1, 0.15) is 5.75 Å². The number of hydrogen-bond donors (Lipinski definition) is 1. The third-order valence-electron chi connectivity index (χ3n) is 3.02. The van der Waals surface area contributed by atoms with Crippen LogP contribution in [0, 0.1) is 6.92 Å². The zero-order valence-electron chi connectivity index (χ0n) is 11.9. The van der Waals surface area contributed by atoms with Gasteiger partial charge in [-0.2, -0.15) is 0 Å². The van der Waals surface area contributed by atoms with Crippen molar-refractivity contribution in [1.29, 1.82) is 0 Å². The Hall–Kier alpha value is -2.00. The van der Waals surface area contributed by atoms with E-state index in [1.807, 2.05) is 31.2 Å². The number of hydrogen-bond acceptors (Lipinski definition) is 2. The van der Waals surface area contributed by atoms with E-state index in [1.165, 1.54) is 5.56 Å². The summed E-state index contributed by atoms with van der Waals surface area (Å²) in [5.41, 5.74) is 2.30. The maximum Gasteiger partial charge on any atom is 0.223 e. The molecule has 0 aliphatic carbocycles. The second-order valence-corrected chi connectivity index (χ2v) is 5.25. The number of carbonyl (C=O) groups excluding carboxylic acids is 1. The summed E-state index contributed by atoms with van der Waals surface area (Å²) in [7, 11) is 0. The van der Waals surface area contributed by atoms with Crippen molar-refractivity contribution >= 4 is 17.5 Å². The lowest BCUT2D eigenvalue weighted by molar-refractivity contribution is -0.121. The maximum atomic E-state index is 11.7. The van der Waals surface area contributed by atoms with Gasteiger partial charge >= 0.3 is 0 Å². The van der Waals surface area contributed by atoms with Gasteiger partial charge in [0.25, 0.3) is 0 Å². The third-order valence-corrected chi connectivity index (χ3v) is 3.27. The van der Waals surface area contributed by atoms with Gasteiger partial charge in [0.05, 0.1) is 13.0 Å². The number of amides is 1. The van der Waals surface area contributed by atoms with Crippen molar-refractivity contribution in [3.05, 3.63) is 64.7 Å². The van der Waals surface area contributed by atoms with Crippen molar-refractivity contribution in [2.75, 3.05) is 6.61 Å². The summed E-state index contributed by atoms with van der Waals surface area (Å²) in [5, 5.41) is 3.54. The van der Waals surface area contributed by atoms with E-state index in [1.54, 1.807) is 24.3 Å². The standard InChI is InChI=1S/C17H18ClNO2/c1-13-2-4-14(5-3-13)12-19-17(20)10-11-21-16-8-6-15(18)7-9-16/h2-9H,10-12H2,1H3,(H,19,20). The first-order chi connectivity index (χ1) is 10.1. The molecular formula is C17H18ClNO2. The summed E-state index contributed by atoms with van der Waals surface area (Å²) in [6, 6.07) is 15.2. The zero-order valence-corrected chi connectivity index (χ0v) is 12.7. The van der Waals surface area contributed by atoms with Crippen LogP contribution in [-0.4, -0.2) is 12.5 Å². The van der Waals surface area contributed by atoms with Gasteiger partial charge in [-0.05, 0) is 36.8 Å². The summed E-state index contributed by atoms with van der Waals surface area (Å²) in [6.45, 7) is 2.93. The Labute approximate surface area is 129 Å². The lowest BCUT2D eigenvalue weighted by Crippen LogP contribution is -2.24. The fourth-order valence-corrected chi connectivity index (χ4v) is 1.91. The molecule has 2 aromatic rings. The van der Waals surface area contributed by atoms with Gasteiger partial charge in [-0.3, -0.25) is 4.79 Å². The van der Waals surface area contributed by atoms with Crippen LogP contribution in [0.25, 0.3) is 0 Å². The van der Waals surface area contributed by atoms with Crippen molar-refractivity contribution in [3.8, 4) is 5.75 Å². The van der Waals surface area contributed by atoms with Crippen LogP contribution in [0.2, 0.25) is 5.02 Å². The Kier molecular flexibility index (Phi) is 5.64. The second kappa shape index (κ2) is 7.70. The van der Waals surface area contributed by atoms with Gasteiger partial charge in [0, 0.05) is 11.6 Å². The first-order valence-corrected chi connectivity index (χ1v) is 7.22. The van der Waals surface area contributed by atoms with E-state index in [2.05, 4.69) is 5.32 Å². The van der Waals surface area contributed by atoms with E-state index in [0.717, 1.165) is 5.56 Å². The molecule has 0 fully saturated rings. The molecule has 1 N–H and O–H groups in total. The Bertz CT molecular complexity index is 579. The minimum Gasteiger partial charge on any atom is -0.493 e. The van der Waals surface area contributed by atoms with Crippen molar-refractivity contribution in [1.82, 2.24) is 5.32 Å². The van der Waals surface area contributed by atoms with Crippen LogP contribution in [0.3, 0.4) is 0 Å². The summed E-state index contributed by atoms with van der Waals surface area (Å²) in [5.74, 6) is 0.690. The second-order valence-electron chi connectivity index (χ2n) is 4.81. The molecule has 0 saturated heterocycles. The van der Waals surface area contributed by atoms with Crippen LogP contribution in [0.4, 0.5) is 0 Å². The highest BCUT2D eigenvalue weighted by Gasteiger charge is 2.02. The molecule has 0 radical (unpaired) electrons. The smallest absolute Gasteiger partial charge is 0.223 e. The molecule has 3 nitrogen and oxygen atoms in total. The highest BCUT2D eigenvalue weighted by atomic mass is 35.5. The predicted molar refractivity (Wildman–Crippen MR) is 84.6 cm³/mol. The molecule has 2 aromatic carbocycles. The van der Waals surface area contributed by atoms with E-state index in [4.69, 9.17) is 16.3 Å². The van der Waals surface area contributed by atoms with Crippen LogP contribution in [-0.2, 0) is 11.3 Å². The number of carbonyl (C=O) groups is 1. The van der Waals surface area contributed by atoms with Crippen molar-refractivity contribution < 1.29 is 9.53 Å². The van der Waals surface area contributed by atoms with E-state index < -0.39 is 0 Å². The molecule has 0 aliphatic heterocycles. The quantitative estimate of drug-likeness (QED) is 0.883. The molecule has 0 heterocycles. The Morgan fingerprint density at radius 3 is 2.43 bits per heavy atom. The molecule has 0 atom stereocenters. The first-order valence-electron chi connectivity index (χ1n) is 6.84. The molecule has 0 unspecified atom stereocenters. The molecule has 0 aliphatic rings. The normalized spacial score (nSPS) is 10.2. The van der Waals surface area contributed by atoms with Gasteiger partial charge in [-0.15, -0.1) is 0 Å². The number of nitrogens with one attached hydrogen (secondary N) is 1. The Balaban J connectivity index is 1.67. The number of halogens is 1. The fourth-order valence-electron chi connectivity index (χ4n) is 1.79. The summed E-state index contributed by atoms with van der Waals surface area (Å²) < 4.78 is 5.48. The average Bonchev–Trinajstić information content (AvgIpc) is 2.49. The fraction of sp³-hybridized carbons (Fsp3) is 0.235. The van der Waals surface area contributed by atoms with Crippen LogP contribution >= 0.6 is 11.6 Å². The average molecular weight is 304 g/mol. The number of rotatable bonds is 6. The van der Waals surface area contributed by atoms with E-state index >= 15 is 0 Å². The van der Waals surface area contributed by atoms with E-state index in [0.29, 0.717) is 30.3 Å². The minimum absolute atomic E-state index is 0.0236. The van der Waals surface area contributed by atoms with E-state index in [9.17, 15) is 4.79 Å². The molecule has 1 amide bonds. The molecule has 0 saturated carbocycles. The lowest BCUT2D eigenvalue weighted by atomic mass is 10.1. The lowest BCUT2D eigenvalue weighted by Gasteiger charge is -2.07. The van der Waals surface area contributed by atoms with Gasteiger partial charge in [-0.1, -0.05) is 41.4 Å². The molecule has 0 spiro atoms. The summed E-state index contributed by atoms with van der Waals surface area (Å²) in [6.07, 6.45) is 0.328. The molecule has 0 bridgehead atoms. The SMILES string of the molecule is Cc1ccc(CNC(=O)CCOc2ccc(Cl)cc2)cc1. The van der Waals surface area contributed by atoms with Gasteiger partial charge in [0.2, 0.25) is 5.91 Å². The third kappa shape index (κ3) is 5.48. The van der Waals surface area contributed by atoms with Crippen molar-refractivity contribution in [2.24, 2.45) is 0 Å². The van der Waals surface area contributed by atoms with Crippen LogP contribution in [0.1, 0.15) is 17.5 Å². The van der Waals surface area contributed by atoms with Crippen LogP contribution < -0.4 is 10.1 Å². The maximum absolute atomic E-state index is 11.7. The van der Waals surface area contributed by atoms with Crippen molar-refractivity contribution in [2.45, 2.75) is 19.9 Å². The Morgan fingerprint density at radius 2 is 1.76 bits per heavy atom. The highest BCUT2D eigenvalue weighted by molar-refractivity contribution is 6.30. The van der Waals surface area contributed by atoms with Gasteiger partial charge in [-0.25, -0.2) is 0 Å². The van der Waals surface area contributed by atoms with Gasteiger partial charge < -0.3 is 10.1 Å². The number of benzene rings is 2. The van der Waals surface area contributed by atoms with Crippen molar-refractivity contribution in [3.63, 3.8) is 0 Å².